The maximum atomic E-state index is 5.51. The summed E-state index contributed by atoms with van der Waals surface area (Å²) in [6.45, 7) is 7.39. The lowest BCUT2D eigenvalue weighted by atomic mass is 10.2. The fourth-order valence-electron chi connectivity index (χ4n) is 0.867. The zero-order chi connectivity index (χ0) is 9.14. The first kappa shape index (κ1) is 9.00. The van der Waals surface area contributed by atoms with Crippen LogP contribution in [0.1, 0.15) is 11.3 Å². The van der Waals surface area contributed by atoms with E-state index < -0.39 is 0 Å². The molecule has 0 spiro atoms. The minimum absolute atomic E-state index is 0.483. The fraction of sp³-hybridized carbons (Fsp3) is 0. The van der Waals surface area contributed by atoms with Crippen molar-refractivity contribution < 1.29 is 0 Å². The van der Waals surface area contributed by atoms with Gasteiger partial charge in [-0.05, 0) is 28.1 Å². The van der Waals surface area contributed by atoms with Gasteiger partial charge in [0.15, 0.2) is 0 Å². The molecule has 2 nitrogen and oxygen atoms in total. The molecule has 3 heteroatoms. The molecule has 0 bridgehead atoms. The molecule has 0 fully saturated rings. The van der Waals surface area contributed by atoms with Crippen LogP contribution in [-0.2, 0) is 0 Å². The van der Waals surface area contributed by atoms with Gasteiger partial charge in [-0.2, -0.15) is 0 Å². The van der Waals surface area contributed by atoms with Crippen molar-refractivity contribution in [3.8, 4) is 0 Å². The van der Waals surface area contributed by atoms with Crippen molar-refractivity contribution in [2.24, 2.45) is 0 Å². The quantitative estimate of drug-likeness (QED) is 0.840. The fourth-order valence-corrected chi connectivity index (χ4v) is 1.18. The standard InChI is InChI=1S/C9H9BrN2/c1-3-7-4-5-8(11)12-9(7)6(2)10/h3-5H,1-2H2,(H2,11,12). The normalized spacial score (nSPS) is 9.42. The van der Waals surface area contributed by atoms with Gasteiger partial charge in [0.25, 0.3) is 0 Å². The third-order valence-electron chi connectivity index (χ3n) is 1.42. The van der Waals surface area contributed by atoms with Crippen molar-refractivity contribution in [3.63, 3.8) is 0 Å². The Balaban J connectivity index is 3.30. The second kappa shape index (κ2) is 3.54. The molecule has 62 valence electrons. The molecule has 0 saturated heterocycles. The SMILES string of the molecule is C=Cc1ccc(N)nc1C(=C)Br. The Morgan fingerprint density at radius 2 is 2.25 bits per heavy atom. The average Bonchev–Trinajstić information content (AvgIpc) is 2.04. The number of halogens is 1. The Labute approximate surface area is 79.9 Å². The number of nitrogen functional groups attached to an aromatic ring is 1. The van der Waals surface area contributed by atoms with Crippen LogP contribution in [-0.4, -0.2) is 4.98 Å². The zero-order valence-electron chi connectivity index (χ0n) is 6.55. The van der Waals surface area contributed by atoms with Gasteiger partial charge in [0, 0.05) is 10.0 Å². The van der Waals surface area contributed by atoms with E-state index in [4.69, 9.17) is 5.73 Å². The highest BCUT2D eigenvalue weighted by molar-refractivity contribution is 9.15. The summed E-state index contributed by atoms with van der Waals surface area (Å²) in [6.07, 6.45) is 1.72. The van der Waals surface area contributed by atoms with Crippen LogP contribution in [0.25, 0.3) is 10.6 Å². The lowest BCUT2D eigenvalue weighted by Gasteiger charge is -2.03. The summed E-state index contributed by atoms with van der Waals surface area (Å²) in [4.78, 5) is 4.10. The molecule has 0 aliphatic carbocycles. The van der Waals surface area contributed by atoms with E-state index in [-0.39, 0.29) is 0 Å². The van der Waals surface area contributed by atoms with Crippen molar-refractivity contribution in [3.05, 3.63) is 36.5 Å². The van der Waals surface area contributed by atoms with Crippen molar-refractivity contribution in [1.29, 1.82) is 0 Å². The lowest BCUT2D eigenvalue weighted by Crippen LogP contribution is -1.95. The monoisotopic (exact) mass is 224 g/mol. The number of hydrogen-bond acceptors (Lipinski definition) is 2. The van der Waals surface area contributed by atoms with E-state index in [2.05, 4.69) is 34.1 Å². The van der Waals surface area contributed by atoms with Gasteiger partial charge in [-0.3, -0.25) is 0 Å². The summed E-state index contributed by atoms with van der Waals surface area (Å²) in [5.41, 5.74) is 7.18. The summed E-state index contributed by atoms with van der Waals surface area (Å²) < 4.78 is 0.713. The van der Waals surface area contributed by atoms with Gasteiger partial charge in [0.2, 0.25) is 0 Å². The van der Waals surface area contributed by atoms with Crippen molar-refractivity contribution in [2.45, 2.75) is 0 Å². The molecule has 0 atom stereocenters. The lowest BCUT2D eigenvalue weighted by molar-refractivity contribution is 1.29. The summed E-state index contributed by atoms with van der Waals surface area (Å²) >= 11 is 3.25. The molecule has 1 aromatic heterocycles. The molecule has 1 rings (SSSR count). The first-order chi connectivity index (χ1) is 5.65. The minimum atomic E-state index is 0.483. The summed E-state index contributed by atoms with van der Waals surface area (Å²) in [6, 6.07) is 3.59. The Kier molecular flexibility index (Phi) is 2.65. The second-order valence-corrected chi connectivity index (χ2v) is 3.24. The van der Waals surface area contributed by atoms with Crippen molar-refractivity contribution in [1.82, 2.24) is 4.98 Å². The van der Waals surface area contributed by atoms with Crippen LogP contribution in [0, 0.1) is 0 Å². The summed E-state index contributed by atoms with van der Waals surface area (Å²) in [5.74, 6) is 0.483. The van der Waals surface area contributed by atoms with Gasteiger partial charge < -0.3 is 5.73 Å². The van der Waals surface area contributed by atoms with E-state index in [0.717, 1.165) is 11.3 Å². The van der Waals surface area contributed by atoms with Gasteiger partial charge in [-0.25, -0.2) is 4.98 Å². The van der Waals surface area contributed by atoms with E-state index in [0.29, 0.717) is 10.3 Å². The van der Waals surface area contributed by atoms with Gasteiger partial charge in [-0.1, -0.05) is 19.2 Å². The van der Waals surface area contributed by atoms with Crippen LogP contribution in [0.3, 0.4) is 0 Å². The van der Waals surface area contributed by atoms with Gasteiger partial charge in [0.05, 0.1) is 5.69 Å². The van der Waals surface area contributed by atoms with E-state index in [1.807, 2.05) is 6.07 Å². The van der Waals surface area contributed by atoms with Crippen LogP contribution < -0.4 is 5.73 Å². The van der Waals surface area contributed by atoms with Crippen LogP contribution in [0.5, 0.6) is 0 Å². The molecular weight excluding hydrogens is 216 g/mol. The maximum Gasteiger partial charge on any atom is 0.124 e. The number of anilines is 1. The maximum absolute atomic E-state index is 5.51. The predicted octanol–water partition coefficient (Wildman–Crippen LogP) is 2.67. The molecule has 2 N–H and O–H groups in total. The van der Waals surface area contributed by atoms with Crippen molar-refractivity contribution in [2.75, 3.05) is 5.73 Å². The largest absolute Gasteiger partial charge is 0.384 e. The molecular formula is C9H9BrN2. The molecule has 0 aliphatic heterocycles. The average molecular weight is 225 g/mol. The second-order valence-electron chi connectivity index (χ2n) is 2.28. The predicted molar refractivity (Wildman–Crippen MR) is 56.7 cm³/mol. The van der Waals surface area contributed by atoms with Gasteiger partial charge >= 0.3 is 0 Å². The third-order valence-corrected chi connectivity index (χ3v) is 1.80. The third kappa shape index (κ3) is 1.74. The van der Waals surface area contributed by atoms with E-state index in [9.17, 15) is 0 Å². The van der Waals surface area contributed by atoms with Crippen LogP contribution >= 0.6 is 15.9 Å². The smallest absolute Gasteiger partial charge is 0.124 e. The molecule has 0 saturated carbocycles. The first-order valence-corrected chi connectivity index (χ1v) is 4.18. The zero-order valence-corrected chi connectivity index (χ0v) is 8.13. The highest BCUT2D eigenvalue weighted by atomic mass is 79.9. The summed E-state index contributed by atoms with van der Waals surface area (Å²) in [5, 5.41) is 0. The highest BCUT2D eigenvalue weighted by Crippen LogP contribution is 2.22. The molecule has 1 heterocycles. The van der Waals surface area contributed by atoms with Crippen molar-refractivity contribution >= 4 is 32.3 Å². The van der Waals surface area contributed by atoms with Crippen LogP contribution in [0.15, 0.2) is 25.3 Å². The number of pyridine rings is 1. The number of nitrogens with two attached hydrogens (primary N) is 1. The first-order valence-electron chi connectivity index (χ1n) is 3.39. The Morgan fingerprint density at radius 3 is 2.75 bits per heavy atom. The van der Waals surface area contributed by atoms with Crippen LogP contribution in [0.2, 0.25) is 0 Å². The molecule has 0 aliphatic rings. The van der Waals surface area contributed by atoms with Crippen LogP contribution in [0.4, 0.5) is 5.82 Å². The number of rotatable bonds is 2. The number of aromatic nitrogens is 1. The summed E-state index contributed by atoms with van der Waals surface area (Å²) in [7, 11) is 0. The number of nitrogens with zero attached hydrogens (tertiary/aromatic N) is 1. The van der Waals surface area contributed by atoms with E-state index >= 15 is 0 Å². The minimum Gasteiger partial charge on any atom is -0.384 e. The highest BCUT2D eigenvalue weighted by Gasteiger charge is 2.02. The molecule has 0 amide bonds. The molecule has 1 aromatic rings. The van der Waals surface area contributed by atoms with E-state index in [1.165, 1.54) is 0 Å². The molecule has 0 radical (unpaired) electrons. The molecule has 0 unspecified atom stereocenters. The Morgan fingerprint density at radius 1 is 1.58 bits per heavy atom. The van der Waals surface area contributed by atoms with E-state index in [1.54, 1.807) is 12.1 Å². The molecule has 0 aromatic carbocycles. The Hall–Kier alpha value is -1.09. The topological polar surface area (TPSA) is 38.9 Å². The number of hydrogen-bond donors (Lipinski definition) is 1. The Bertz CT molecular complexity index is 331. The van der Waals surface area contributed by atoms with Gasteiger partial charge in [-0.15, -0.1) is 0 Å². The molecule has 12 heavy (non-hydrogen) atoms. The van der Waals surface area contributed by atoms with Gasteiger partial charge in [0.1, 0.15) is 5.82 Å².